The number of benzene rings is 2. The largest absolute Gasteiger partial charge is 0.466 e. The van der Waals surface area contributed by atoms with Crippen molar-refractivity contribution in [2.75, 3.05) is 7.11 Å². The minimum absolute atomic E-state index is 0.176. The number of esters is 1. The SMILES string of the molecule is COC(=O)/C=C1/S/C(=N\N=Cc2cccc(Oc3ccc(F)cc3)c2)NC1=O. The van der Waals surface area contributed by atoms with Gasteiger partial charge < -0.3 is 9.47 Å². The Bertz CT molecular complexity index is 987. The maximum atomic E-state index is 12.9. The van der Waals surface area contributed by atoms with Crippen LogP contribution in [0.25, 0.3) is 0 Å². The number of amides is 1. The fourth-order valence-corrected chi connectivity index (χ4v) is 2.83. The zero-order valence-electron chi connectivity index (χ0n) is 14.6. The number of carbonyl (C=O) groups excluding carboxylic acids is 2. The van der Waals surface area contributed by atoms with Gasteiger partial charge in [-0.15, -0.1) is 5.10 Å². The summed E-state index contributed by atoms with van der Waals surface area (Å²) in [6.45, 7) is 0. The van der Waals surface area contributed by atoms with Gasteiger partial charge in [0.15, 0.2) is 5.17 Å². The molecule has 28 heavy (non-hydrogen) atoms. The highest BCUT2D eigenvalue weighted by atomic mass is 32.2. The quantitative estimate of drug-likeness (QED) is 0.361. The van der Waals surface area contributed by atoms with Gasteiger partial charge in [-0.1, -0.05) is 12.1 Å². The zero-order valence-corrected chi connectivity index (χ0v) is 15.4. The van der Waals surface area contributed by atoms with E-state index >= 15 is 0 Å². The van der Waals surface area contributed by atoms with Crippen LogP contribution in [0.5, 0.6) is 11.5 Å². The molecule has 2 aromatic rings. The van der Waals surface area contributed by atoms with Crippen molar-refractivity contribution in [1.82, 2.24) is 5.32 Å². The normalized spacial score (nSPS) is 16.6. The number of ether oxygens (including phenoxy) is 2. The summed E-state index contributed by atoms with van der Waals surface area (Å²) in [5.74, 6) is -0.353. The van der Waals surface area contributed by atoms with Gasteiger partial charge in [0.25, 0.3) is 5.91 Å². The van der Waals surface area contributed by atoms with E-state index in [4.69, 9.17) is 4.74 Å². The first kappa shape index (κ1) is 19.3. The molecule has 1 saturated heterocycles. The first-order chi connectivity index (χ1) is 13.5. The molecule has 0 aromatic heterocycles. The molecule has 1 N–H and O–H groups in total. The minimum atomic E-state index is -0.625. The maximum absolute atomic E-state index is 12.9. The first-order valence-corrected chi connectivity index (χ1v) is 8.78. The van der Waals surface area contributed by atoms with E-state index < -0.39 is 11.9 Å². The molecule has 0 unspecified atom stereocenters. The molecule has 1 aliphatic rings. The number of nitrogens with zero attached hydrogens (tertiary/aromatic N) is 2. The Hall–Kier alpha value is -3.46. The van der Waals surface area contributed by atoms with Crippen molar-refractivity contribution in [3.63, 3.8) is 0 Å². The summed E-state index contributed by atoms with van der Waals surface area (Å²) in [5.41, 5.74) is 0.712. The molecule has 0 aliphatic carbocycles. The van der Waals surface area contributed by atoms with Crippen LogP contribution in [0, 0.1) is 5.82 Å². The number of carbonyl (C=O) groups is 2. The molecule has 7 nitrogen and oxygen atoms in total. The van der Waals surface area contributed by atoms with Gasteiger partial charge in [0.05, 0.1) is 18.2 Å². The molecule has 142 valence electrons. The van der Waals surface area contributed by atoms with Gasteiger partial charge in [0, 0.05) is 6.08 Å². The van der Waals surface area contributed by atoms with Crippen molar-refractivity contribution in [2.24, 2.45) is 10.2 Å². The predicted octanol–water partition coefficient (Wildman–Crippen LogP) is 3.23. The summed E-state index contributed by atoms with van der Waals surface area (Å²) in [5, 5.41) is 10.6. The third-order valence-corrected chi connectivity index (χ3v) is 4.26. The molecule has 3 rings (SSSR count). The number of hydrogen-bond donors (Lipinski definition) is 1. The van der Waals surface area contributed by atoms with Crippen molar-refractivity contribution in [3.05, 3.63) is 70.9 Å². The predicted molar refractivity (Wildman–Crippen MR) is 104 cm³/mol. The van der Waals surface area contributed by atoms with E-state index in [9.17, 15) is 14.0 Å². The van der Waals surface area contributed by atoms with E-state index in [1.165, 1.54) is 37.6 Å². The summed E-state index contributed by atoms with van der Waals surface area (Å²) >= 11 is 0.984. The molecular formula is C19H14FN3O4S. The lowest BCUT2D eigenvalue weighted by atomic mass is 10.2. The molecule has 1 fully saturated rings. The van der Waals surface area contributed by atoms with Crippen molar-refractivity contribution in [3.8, 4) is 11.5 Å². The summed E-state index contributed by atoms with van der Waals surface area (Å²) < 4.78 is 23.1. The maximum Gasteiger partial charge on any atom is 0.331 e. The van der Waals surface area contributed by atoms with Gasteiger partial charge in [-0.2, -0.15) is 5.10 Å². The molecule has 0 saturated carbocycles. The number of amidine groups is 1. The second-order valence-electron chi connectivity index (χ2n) is 5.37. The van der Waals surface area contributed by atoms with Gasteiger partial charge in [0.2, 0.25) is 0 Å². The van der Waals surface area contributed by atoms with Crippen LogP contribution in [0.1, 0.15) is 5.56 Å². The monoisotopic (exact) mass is 399 g/mol. The van der Waals surface area contributed by atoms with E-state index in [0.29, 0.717) is 17.1 Å². The van der Waals surface area contributed by atoms with E-state index in [2.05, 4.69) is 20.3 Å². The highest BCUT2D eigenvalue weighted by molar-refractivity contribution is 8.18. The Kier molecular flexibility index (Phi) is 6.18. The molecule has 1 amide bonds. The molecule has 9 heteroatoms. The van der Waals surface area contributed by atoms with Crippen LogP contribution in [0.4, 0.5) is 4.39 Å². The van der Waals surface area contributed by atoms with Crippen LogP contribution < -0.4 is 10.1 Å². The topological polar surface area (TPSA) is 89.3 Å². The van der Waals surface area contributed by atoms with Gasteiger partial charge in [-0.25, -0.2) is 9.18 Å². The Morgan fingerprint density at radius 2 is 1.96 bits per heavy atom. The Morgan fingerprint density at radius 3 is 2.71 bits per heavy atom. The number of rotatable bonds is 5. The molecule has 1 heterocycles. The van der Waals surface area contributed by atoms with E-state index in [1.807, 2.05) is 0 Å². The highest BCUT2D eigenvalue weighted by Gasteiger charge is 2.24. The number of nitrogens with one attached hydrogen (secondary N) is 1. The highest BCUT2D eigenvalue weighted by Crippen LogP contribution is 2.24. The van der Waals surface area contributed by atoms with E-state index in [-0.39, 0.29) is 15.9 Å². The Labute approximate surface area is 163 Å². The van der Waals surface area contributed by atoms with Crippen LogP contribution >= 0.6 is 11.8 Å². The lowest BCUT2D eigenvalue weighted by Crippen LogP contribution is -2.19. The van der Waals surface area contributed by atoms with Crippen molar-refractivity contribution >= 4 is 35.0 Å². The average Bonchev–Trinajstić information content (AvgIpc) is 3.03. The standard InChI is InChI=1S/C19H14FN3O4S/c1-26-17(24)10-16-18(25)22-19(28-16)23-21-11-12-3-2-4-15(9-12)27-14-7-5-13(20)6-8-14/h2-11H,1H3,(H,22,23,25)/b16-10+,21-11?. The Morgan fingerprint density at radius 1 is 1.18 bits per heavy atom. The molecule has 0 atom stereocenters. The third kappa shape index (κ3) is 5.27. The van der Waals surface area contributed by atoms with E-state index in [1.54, 1.807) is 24.3 Å². The van der Waals surface area contributed by atoms with Gasteiger partial charge in [0.1, 0.15) is 17.3 Å². The Balaban J connectivity index is 1.65. The fourth-order valence-electron chi connectivity index (χ4n) is 2.09. The summed E-state index contributed by atoms with van der Waals surface area (Å²) in [4.78, 5) is 23.1. The average molecular weight is 399 g/mol. The fraction of sp³-hybridized carbons (Fsp3) is 0.0526. The van der Waals surface area contributed by atoms with Crippen LogP contribution in [-0.2, 0) is 14.3 Å². The molecular weight excluding hydrogens is 385 g/mol. The zero-order chi connectivity index (χ0) is 19.9. The van der Waals surface area contributed by atoms with Crippen molar-refractivity contribution in [2.45, 2.75) is 0 Å². The van der Waals surface area contributed by atoms with Crippen LogP contribution in [0.2, 0.25) is 0 Å². The van der Waals surface area contributed by atoms with Crippen LogP contribution in [0.15, 0.2) is 69.7 Å². The first-order valence-electron chi connectivity index (χ1n) is 7.97. The number of hydrogen-bond acceptors (Lipinski definition) is 7. The molecule has 1 aliphatic heterocycles. The second kappa shape index (κ2) is 8.96. The van der Waals surface area contributed by atoms with Crippen molar-refractivity contribution in [1.29, 1.82) is 0 Å². The van der Waals surface area contributed by atoms with Gasteiger partial charge in [-0.05, 0) is 53.7 Å². The van der Waals surface area contributed by atoms with Gasteiger partial charge >= 0.3 is 5.97 Å². The molecule has 0 spiro atoms. The summed E-state index contributed by atoms with van der Waals surface area (Å²) in [7, 11) is 1.23. The minimum Gasteiger partial charge on any atom is -0.466 e. The number of thioether (sulfide) groups is 1. The van der Waals surface area contributed by atoms with Crippen LogP contribution in [0.3, 0.4) is 0 Å². The van der Waals surface area contributed by atoms with E-state index in [0.717, 1.165) is 17.8 Å². The lowest BCUT2D eigenvalue weighted by Gasteiger charge is -2.05. The van der Waals surface area contributed by atoms with Crippen molar-refractivity contribution < 1.29 is 23.5 Å². The van der Waals surface area contributed by atoms with Gasteiger partial charge in [-0.3, -0.25) is 10.1 Å². The third-order valence-electron chi connectivity index (χ3n) is 3.36. The molecule has 0 bridgehead atoms. The molecule has 2 aromatic carbocycles. The summed E-state index contributed by atoms with van der Waals surface area (Å²) in [6, 6.07) is 12.7. The second-order valence-corrected chi connectivity index (χ2v) is 6.40. The molecule has 0 radical (unpaired) electrons. The number of methoxy groups -OCH3 is 1. The smallest absolute Gasteiger partial charge is 0.331 e. The number of halogens is 1. The lowest BCUT2D eigenvalue weighted by molar-refractivity contribution is -0.135. The van der Waals surface area contributed by atoms with Crippen LogP contribution in [-0.4, -0.2) is 30.4 Å². The summed E-state index contributed by atoms with van der Waals surface area (Å²) in [6.07, 6.45) is 2.57.